The highest BCUT2D eigenvalue weighted by atomic mass is 35.5. The minimum Gasteiger partial charge on any atom is -0.458 e. The first kappa shape index (κ1) is 41.1. The van der Waals surface area contributed by atoms with Crippen molar-refractivity contribution in [3.63, 3.8) is 0 Å². The smallest absolute Gasteiger partial charge is 0.343 e. The van der Waals surface area contributed by atoms with Crippen molar-refractivity contribution in [2.24, 2.45) is 46.3 Å². The Morgan fingerprint density at radius 3 is 2.41 bits per heavy atom. The van der Waals surface area contributed by atoms with Gasteiger partial charge in [0, 0.05) is 12.5 Å². The number of fused-ring (bicyclic) bond motifs is 6. The van der Waals surface area contributed by atoms with Gasteiger partial charge in [0.25, 0.3) is 0 Å². The monoisotopic (exact) mass is 778 g/mol. The summed E-state index contributed by atoms with van der Waals surface area (Å²) in [6.07, 6.45) is 22.0. The summed E-state index contributed by atoms with van der Waals surface area (Å²) in [5.74, 6) is 4.25. The third kappa shape index (κ3) is 8.53. The summed E-state index contributed by atoms with van der Waals surface area (Å²) in [5.41, 5.74) is 4.28. The molecule has 0 heterocycles. The molecule has 5 heteroatoms. The molecule has 0 aromatic heterocycles. The molecule has 0 aliphatic heterocycles. The highest BCUT2D eigenvalue weighted by Crippen LogP contribution is 2.67. The SMILES string of the molecule is CCCCCCc1ccc2cc(C(=O)Oc3ccc(C(=O)O[C@H]4CC[C@@]5(C)C(=CCC6C5CC[C@@]5(C)C6CC[C@@H]5C(C)CCCC(C)C)C4)c(Cl)c3)ccc2c1. The van der Waals surface area contributed by atoms with Crippen LogP contribution in [0, 0.1) is 46.3 Å². The molecular formula is C51H67ClO4. The van der Waals surface area contributed by atoms with Gasteiger partial charge in [-0.25, -0.2) is 9.59 Å². The first-order valence-electron chi connectivity index (χ1n) is 22.3. The fourth-order valence-electron chi connectivity index (χ4n) is 12.2. The average Bonchev–Trinajstić information content (AvgIpc) is 3.53. The standard InChI is InChI=1S/C51H67ClO4/c1-7-8-9-10-14-35-15-16-37-30-38(18-17-36(37)29-35)48(53)55-40-20-22-43(47(52)32-40)49(54)56-41-25-27-50(5)39(31-41)19-21-42-45-24-23-44(34(4)13-11-12-33(2)3)51(45,6)28-26-46(42)50/h15-20,22,29-30,32-34,41-42,44-46H,7-14,21,23-28,31H2,1-6H3/t34?,41-,42?,44+,45?,46?,50-,51+/m0/s1. The van der Waals surface area contributed by atoms with Gasteiger partial charge in [-0.1, -0.05) is 128 Å². The summed E-state index contributed by atoms with van der Waals surface area (Å²) in [4.78, 5) is 26.7. The topological polar surface area (TPSA) is 52.6 Å². The van der Waals surface area contributed by atoms with Gasteiger partial charge in [-0.05, 0) is 145 Å². The van der Waals surface area contributed by atoms with Crippen LogP contribution in [0.25, 0.3) is 10.8 Å². The highest BCUT2D eigenvalue weighted by Gasteiger charge is 2.59. The van der Waals surface area contributed by atoms with Crippen LogP contribution in [0.4, 0.5) is 0 Å². The summed E-state index contributed by atoms with van der Waals surface area (Å²) in [6, 6.07) is 16.9. The van der Waals surface area contributed by atoms with E-state index in [9.17, 15) is 9.59 Å². The Bertz CT molecular complexity index is 1910. The number of hydrogen-bond donors (Lipinski definition) is 0. The predicted octanol–water partition coefficient (Wildman–Crippen LogP) is 14.4. The maximum absolute atomic E-state index is 13.5. The van der Waals surface area contributed by atoms with Crippen LogP contribution in [0.15, 0.2) is 66.2 Å². The quantitative estimate of drug-likeness (QED) is 0.0708. The Kier molecular flexibility index (Phi) is 12.8. The van der Waals surface area contributed by atoms with Gasteiger partial charge in [0.1, 0.15) is 11.9 Å². The van der Waals surface area contributed by atoms with Crippen molar-refractivity contribution in [1.29, 1.82) is 0 Å². The molecule has 4 aliphatic rings. The van der Waals surface area contributed by atoms with Crippen LogP contribution in [0.5, 0.6) is 5.75 Å². The van der Waals surface area contributed by atoms with E-state index >= 15 is 0 Å². The molecule has 3 aromatic carbocycles. The van der Waals surface area contributed by atoms with Crippen molar-refractivity contribution in [2.75, 3.05) is 0 Å². The molecule has 0 amide bonds. The Morgan fingerprint density at radius 2 is 1.62 bits per heavy atom. The number of ether oxygens (including phenoxy) is 2. The van der Waals surface area contributed by atoms with Gasteiger partial charge in [-0.2, -0.15) is 0 Å². The van der Waals surface area contributed by atoms with Crippen LogP contribution >= 0.6 is 11.6 Å². The number of unbranched alkanes of at least 4 members (excludes halogenated alkanes) is 3. The van der Waals surface area contributed by atoms with E-state index in [1.54, 1.807) is 18.2 Å². The molecule has 8 atom stereocenters. The maximum atomic E-state index is 13.5. The summed E-state index contributed by atoms with van der Waals surface area (Å²) in [6.45, 7) is 14.7. The fraction of sp³-hybridized carbons (Fsp3) is 0.608. The zero-order chi connectivity index (χ0) is 39.6. The average molecular weight is 780 g/mol. The number of esters is 2. The van der Waals surface area contributed by atoms with Crippen molar-refractivity contribution in [1.82, 2.24) is 0 Å². The molecule has 0 spiro atoms. The molecule has 4 nitrogen and oxygen atoms in total. The number of halogens is 1. The normalized spacial score (nSPS) is 28.9. The van der Waals surface area contributed by atoms with Crippen LogP contribution in [-0.2, 0) is 11.2 Å². The van der Waals surface area contributed by atoms with Crippen molar-refractivity contribution in [3.05, 3.63) is 88.0 Å². The third-order valence-electron chi connectivity index (χ3n) is 15.4. The Labute approximate surface area is 342 Å². The van der Waals surface area contributed by atoms with Crippen molar-refractivity contribution < 1.29 is 19.1 Å². The summed E-state index contributed by atoms with van der Waals surface area (Å²) >= 11 is 6.65. The molecule has 3 saturated carbocycles. The largest absolute Gasteiger partial charge is 0.458 e. The second kappa shape index (κ2) is 17.4. The molecule has 3 fully saturated rings. The van der Waals surface area contributed by atoms with E-state index in [0.717, 1.165) is 72.0 Å². The zero-order valence-electron chi connectivity index (χ0n) is 35.1. The van der Waals surface area contributed by atoms with Crippen molar-refractivity contribution in [2.45, 2.75) is 150 Å². The van der Waals surface area contributed by atoms with E-state index in [1.807, 2.05) is 18.2 Å². The van der Waals surface area contributed by atoms with Crippen molar-refractivity contribution >= 4 is 34.3 Å². The van der Waals surface area contributed by atoms with Crippen LogP contribution < -0.4 is 4.74 Å². The van der Waals surface area contributed by atoms with Crippen LogP contribution in [0.3, 0.4) is 0 Å². The number of benzene rings is 3. The number of hydrogen-bond acceptors (Lipinski definition) is 4. The summed E-state index contributed by atoms with van der Waals surface area (Å²) in [7, 11) is 0. The van der Waals surface area contributed by atoms with E-state index in [4.69, 9.17) is 21.1 Å². The number of rotatable bonds is 14. The molecule has 0 radical (unpaired) electrons. The minimum atomic E-state index is -0.461. The lowest BCUT2D eigenvalue weighted by molar-refractivity contribution is -0.0594. The Balaban J connectivity index is 0.938. The van der Waals surface area contributed by atoms with Crippen molar-refractivity contribution in [3.8, 4) is 5.75 Å². The van der Waals surface area contributed by atoms with Crippen LogP contribution in [0.1, 0.15) is 164 Å². The lowest BCUT2D eigenvalue weighted by Crippen LogP contribution is -2.51. The van der Waals surface area contributed by atoms with Gasteiger partial charge >= 0.3 is 11.9 Å². The van der Waals surface area contributed by atoms with Gasteiger partial charge in [0.15, 0.2) is 0 Å². The number of aryl methyl sites for hydroxylation is 1. The molecule has 0 N–H and O–H groups in total. The molecular weight excluding hydrogens is 712 g/mol. The molecule has 302 valence electrons. The third-order valence-corrected chi connectivity index (χ3v) is 15.7. The van der Waals surface area contributed by atoms with Gasteiger partial charge in [-0.3, -0.25) is 0 Å². The van der Waals surface area contributed by atoms with Gasteiger partial charge < -0.3 is 9.47 Å². The number of carbonyl (C=O) groups is 2. The molecule has 7 rings (SSSR count). The second-order valence-corrected chi connectivity index (χ2v) is 19.7. The molecule has 3 aromatic rings. The van der Waals surface area contributed by atoms with E-state index in [1.165, 1.54) is 88.2 Å². The summed E-state index contributed by atoms with van der Waals surface area (Å²) in [5, 5.41) is 2.34. The van der Waals surface area contributed by atoms with E-state index in [2.05, 4.69) is 65.8 Å². The first-order valence-corrected chi connectivity index (χ1v) is 22.7. The molecule has 4 unspecified atom stereocenters. The summed E-state index contributed by atoms with van der Waals surface area (Å²) < 4.78 is 11.9. The molecule has 0 bridgehead atoms. The fourth-order valence-corrected chi connectivity index (χ4v) is 12.4. The molecule has 4 aliphatic carbocycles. The predicted molar refractivity (Wildman–Crippen MR) is 230 cm³/mol. The maximum Gasteiger partial charge on any atom is 0.343 e. The zero-order valence-corrected chi connectivity index (χ0v) is 35.9. The van der Waals surface area contributed by atoms with Gasteiger partial charge in [0.2, 0.25) is 0 Å². The van der Waals surface area contributed by atoms with E-state index in [0.29, 0.717) is 22.3 Å². The van der Waals surface area contributed by atoms with Gasteiger partial charge in [0.05, 0.1) is 16.1 Å². The second-order valence-electron chi connectivity index (χ2n) is 19.3. The van der Waals surface area contributed by atoms with E-state index < -0.39 is 11.9 Å². The first-order chi connectivity index (χ1) is 26.9. The lowest BCUT2D eigenvalue weighted by atomic mass is 9.47. The Morgan fingerprint density at radius 1 is 0.821 bits per heavy atom. The minimum absolute atomic E-state index is 0.159. The Hall–Kier alpha value is -3.11. The lowest BCUT2D eigenvalue weighted by Gasteiger charge is -2.58. The van der Waals surface area contributed by atoms with E-state index in [-0.39, 0.29) is 16.5 Å². The molecule has 0 saturated heterocycles. The van der Waals surface area contributed by atoms with Gasteiger partial charge in [-0.15, -0.1) is 0 Å². The van der Waals surface area contributed by atoms with Crippen LogP contribution in [0.2, 0.25) is 5.02 Å². The van der Waals surface area contributed by atoms with Crippen LogP contribution in [-0.4, -0.2) is 18.0 Å². The highest BCUT2D eigenvalue weighted by molar-refractivity contribution is 6.33. The number of allylic oxidation sites excluding steroid dienone is 1. The molecule has 56 heavy (non-hydrogen) atoms. The number of carbonyl (C=O) groups excluding carboxylic acids is 2.